The molecule has 0 saturated carbocycles. The van der Waals surface area contributed by atoms with E-state index in [1.54, 1.807) is 5.56 Å². The van der Waals surface area contributed by atoms with Crippen molar-refractivity contribution in [2.45, 2.75) is 51.4 Å². The summed E-state index contributed by atoms with van der Waals surface area (Å²) in [6.45, 7) is 0. The van der Waals surface area contributed by atoms with Crippen molar-refractivity contribution in [3.05, 3.63) is 28.3 Å². The Bertz CT molecular complexity index is 393. The fourth-order valence-electron chi connectivity index (χ4n) is 3.21. The molecule has 2 aliphatic carbocycles. The summed E-state index contributed by atoms with van der Waals surface area (Å²) in [6, 6.07) is 2.04. The largest absolute Gasteiger partial charge is 0.508 e. The lowest BCUT2D eigenvalue weighted by Gasteiger charge is -2.26. The molecule has 1 N–H and O–H groups in total. The smallest absolute Gasteiger partial charge is 0.119 e. The lowest BCUT2D eigenvalue weighted by atomic mass is 9.80. The van der Waals surface area contributed by atoms with Crippen LogP contribution in [0.5, 0.6) is 5.75 Å². The topological polar surface area (TPSA) is 20.2 Å². The Kier molecular flexibility index (Phi) is 2.19. The van der Waals surface area contributed by atoms with Crippen molar-refractivity contribution in [1.82, 2.24) is 0 Å². The van der Waals surface area contributed by atoms with Crippen molar-refractivity contribution in [3.8, 4) is 5.75 Å². The summed E-state index contributed by atoms with van der Waals surface area (Å²) < 4.78 is 0. The molecular weight excluding hydrogens is 184 g/mol. The summed E-state index contributed by atoms with van der Waals surface area (Å²) in [6.07, 6.45) is 9.91. The average molecular weight is 202 g/mol. The van der Waals surface area contributed by atoms with Gasteiger partial charge in [0, 0.05) is 0 Å². The molecule has 1 nitrogen and oxygen atoms in total. The molecule has 0 saturated heterocycles. The van der Waals surface area contributed by atoms with Crippen LogP contribution in [0.15, 0.2) is 6.07 Å². The highest BCUT2D eigenvalue weighted by atomic mass is 16.3. The van der Waals surface area contributed by atoms with Gasteiger partial charge < -0.3 is 5.11 Å². The van der Waals surface area contributed by atoms with E-state index in [9.17, 15) is 5.11 Å². The van der Waals surface area contributed by atoms with Crippen molar-refractivity contribution in [1.29, 1.82) is 0 Å². The third-order valence-corrected chi connectivity index (χ3v) is 3.96. The number of hydrogen-bond acceptors (Lipinski definition) is 1. The van der Waals surface area contributed by atoms with E-state index in [0.717, 1.165) is 6.42 Å². The Morgan fingerprint density at radius 3 is 2.13 bits per heavy atom. The number of aryl methyl sites for hydroxylation is 1. The molecule has 2 aliphatic rings. The quantitative estimate of drug-likeness (QED) is 0.685. The molecule has 0 fully saturated rings. The van der Waals surface area contributed by atoms with Gasteiger partial charge in [-0.3, -0.25) is 0 Å². The molecular formula is C14H18O. The van der Waals surface area contributed by atoms with Crippen LogP contribution in [0.2, 0.25) is 0 Å². The summed E-state index contributed by atoms with van der Waals surface area (Å²) in [5.74, 6) is 0.574. The van der Waals surface area contributed by atoms with E-state index < -0.39 is 0 Å². The molecule has 80 valence electrons. The van der Waals surface area contributed by atoms with Crippen molar-refractivity contribution in [3.63, 3.8) is 0 Å². The lowest BCUT2D eigenvalue weighted by Crippen LogP contribution is -2.12. The summed E-state index contributed by atoms with van der Waals surface area (Å²) in [5.41, 5.74) is 5.80. The van der Waals surface area contributed by atoms with Gasteiger partial charge in [-0.15, -0.1) is 0 Å². The van der Waals surface area contributed by atoms with Gasteiger partial charge in [-0.1, -0.05) is 0 Å². The second kappa shape index (κ2) is 3.55. The Hall–Kier alpha value is -0.980. The van der Waals surface area contributed by atoms with Gasteiger partial charge in [0.25, 0.3) is 0 Å². The van der Waals surface area contributed by atoms with Gasteiger partial charge in [0.05, 0.1) is 0 Å². The number of rotatable bonds is 0. The summed E-state index contributed by atoms with van der Waals surface area (Å²) in [5, 5.41) is 10.0. The number of fused-ring (bicyclic) bond motifs is 3. The highest BCUT2D eigenvalue weighted by molar-refractivity contribution is 5.51. The maximum absolute atomic E-state index is 10.0. The average Bonchev–Trinajstić information content (AvgIpc) is 2.30. The molecule has 0 amide bonds. The third-order valence-electron chi connectivity index (χ3n) is 3.96. The van der Waals surface area contributed by atoms with Gasteiger partial charge in [0.2, 0.25) is 0 Å². The Labute approximate surface area is 91.1 Å². The molecule has 0 bridgehead atoms. The first-order valence-electron chi connectivity index (χ1n) is 6.22. The van der Waals surface area contributed by atoms with Crippen molar-refractivity contribution in [2.75, 3.05) is 0 Å². The van der Waals surface area contributed by atoms with Gasteiger partial charge in [0.15, 0.2) is 0 Å². The highest BCUT2D eigenvalue weighted by Gasteiger charge is 2.21. The van der Waals surface area contributed by atoms with Crippen LogP contribution in [0.1, 0.15) is 47.9 Å². The van der Waals surface area contributed by atoms with Crippen LogP contribution in [0, 0.1) is 0 Å². The molecule has 0 aliphatic heterocycles. The van der Waals surface area contributed by atoms with E-state index in [0.29, 0.717) is 5.75 Å². The van der Waals surface area contributed by atoms with Gasteiger partial charge in [0.1, 0.15) is 5.75 Å². The third kappa shape index (κ3) is 1.45. The van der Waals surface area contributed by atoms with E-state index in [4.69, 9.17) is 0 Å². The van der Waals surface area contributed by atoms with E-state index in [1.165, 1.54) is 61.6 Å². The van der Waals surface area contributed by atoms with E-state index >= 15 is 0 Å². The van der Waals surface area contributed by atoms with E-state index in [2.05, 4.69) is 0 Å². The monoisotopic (exact) mass is 202 g/mol. The van der Waals surface area contributed by atoms with Crippen LogP contribution in [0.4, 0.5) is 0 Å². The Balaban J connectivity index is 2.18. The molecule has 3 rings (SSSR count). The van der Waals surface area contributed by atoms with Crippen LogP contribution in [-0.4, -0.2) is 5.11 Å². The molecule has 0 unspecified atom stereocenters. The molecule has 1 heteroatoms. The number of phenols is 1. The molecule has 1 aromatic rings. The van der Waals surface area contributed by atoms with Gasteiger partial charge in [-0.25, -0.2) is 0 Å². The maximum Gasteiger partial charge on any atom is 0.119 e. The molecule has 0 atom stereocenters. The van der Waals surface area contributed by atoms with Crippen molar-refractivity contribution >= 4 is 0 Å². The second-order valence-electron chi connectivity index (χ2n) is 4.90. The van der Waals surface area contributed by atoms with Gasteiger partial charge in [-0.05, 0) is 79.7 Å². The minimum absolute atomic E-state index is 0.574. The molecule has 1 aromatic carbocycles. The number of benzene rings is 1. The fraction of sp³-hybridized carbons (Fsp3) is 0.571. The van der Waals surface area contributed by atoms with Crippen LogP contribution in [0.3, 0.4) is 0 Å². The molecule has 0 aromatic heterocycles. The summed E-state index contributed by atoms with van der Waals surface area (Å²) in [4.78, 5) is 0. The minimum Gasteiger partial charge on any atom is -0.508 e. The zero-order valence-corrected chi connectivity index (χ0v) is 9.18. The predicted octanol–water partition coefficient (Wildman–Crippen LogP) is 3.15. The zero-order chi connectivity index (χ0) is 10.3. The minimum atomic E-state index is 0.574. The van der Waals surface area contributed by atoms with Gasteiger partial charge >= 0.3 is 0 Å². The van der Waals surface area contributed by atoms with Crippen LogP contribution < -0.4 is 0 Å². The fourth-order valence-corrected chi connectivity index (χ4v) is 3.21. The number of aromatic hydroxyl groups is 1. The SMILES string of the molecule is Oc1cc2c(c3c1CCCC3)CCCC2. The highest BCUT2D eigenvalue weighted by Crippen LogP contribution is 2.36. The first kappa shape index (κ1) is 9.26. The van der Waals surface area contributed by atoms with Crippen LogP contribution in [-0.2, 0) is 25.7 Å². The van der Waals surface area contributed by atoms with Crippen molar-refractivity contribution in [2.24, 2.45) is 0 Å². The normalized spacial score (nSPS) is 19.5. The summed E-state index contributed by atoms with van der Waals surface area (Å²) >= 11 is 0. The molecule has 15 heavy (non-hydrogen) atoms. The maximum atomic E-state index is 10.0. The second-order valence-corrected chi connectivity index (χ2v) is 4.90. The van der Waals surface area contributed by atoms with Crippen molar-refractivity contribution < 1.29 is 5.11 Å². The Morgan fingerprint density at radius 2 is 1.33 bits per heavy atom. The first-order valence-corrected chi connectivity index (χ1v) is 6.22. The molecule has 0 heterocycles. The van der Waals surface area contributed by atoms with Crippen LogP contribution >= 0.6 is 0 Å². The number of phenolic OH excluding ortho intramolecular Hbond substituents is 1. The van der Waals surface area contributed by atoms with E-state index in [1.807, 2.05) is 6.07 Å². The molecule has 0 radical (unpaired) electrons. The van der Waals surface area contributed by atoms with Crippen LogP contribution in [0.25, 0.3) is 0 Å². The van der Waals surface area contributed by atoms with Gasteiger partial charge in [-0.2, -0.15) is 0 Å². The predicted molar refractivity (Wildman–Crippen MR) is 61.4 cm³/mol. The Morgan fingerprint density at radius 1 is 0.733 bits per heavy atom. The first-order chi connectivity index (χ1) is 7.36. The van der Waals surface area contributed by atoms with E-state index in [-0.39, 0.29) is 0 Å². The summed E-state index contributed by atoms with van der Waals surface area (Å²) in [7, 11) is 0. The number of hydrogen-bond donors (Lipinski definition) is 1. The molecule has 0 spiro atoms. The standard InChI is InChI=1S/C14H18O/c15-14-9-10-5-1-2-6-11(10)12-7-3-4-8-13(12)14/h9,15H,1-8H2. The lowest BCUT2D eigenvalue weighted by molar-refractivity contribution is 0.458. The zero-order valence-electron chi connectivity index (χ0n) is 9.18.